The van der Waals surface area contributed by atoms with Crippen LogP contribution < -0.4 is 0 Å². The van der Waals surface area contributed by atoms with Gasteiger partial charge >= 0.3 is 0 Å². The first-order valence-electron chi connectivity index (χ1n) is 6.30. The number of thioether (sulfide) groups is 1. The summed E-state index contributed by atoms with van der Waals surface area (Å²) in [6, 6.07) is 5.71. The van der Waals surface area contributed by atoms with Crippen LogP contribution in [0, 0.1) is 6.92 Å². The Morgan fingerprint density at radius 2 is 2.30 bits per heavy atom. The van der Waals surface area contributed by atoms with Crippen molar-refractivity contribution < 1.29 is 4.79 Å². The molecule has 0 aliphatic rings. The van der Waals surface area contributed by atoms with E-state index in [0.717, 1.165) is 15.7 Å². The lowest BCUT2D eigenvalue weighted by molar-refractivity contribution is -0.129. The minimum atomic E-state index is -0.157. The molecular formula is C14H17N3OS2. The van der Waals surface area contributed by atoms with E-state index in [1.165, 1.54) is 11.8 Å². The smallest absolute Gasteiger partial charge is 0.235 e. The third kappa shape index (κ3) is 4.05. The first-order valence-corrected chi connectivity index (χ1v) is 8.06. The lowest BCUT2D eigenvalue weighted by Crippen LogP contribution is -2.32. The van der Waals surface area contributed by atoms with Crippen molar-refractivity contribution >= 4 is 29.0 Å². The Hall–Kier alpha value is -1.40. The zero-order valence-electron chi connectivity index (χ0n) is 11.7. The molecule has 0 aromatic carbocycles. The van der Waals surface area contributed by atoms with Crippen molar-refractivity contribution in [3.05, 3.63) is 40.5 Å². The number of carbonyl (C=O) groups is 1. The number of carbonyl (C=O) groups excluding carboxylic acids is 1. The number of aryl methyl sites for hydroxylation is 1. The summed E-state index contributed by atoms with van der Waals surface area (Å²) in [6.45, 7) is 4.43. The number of nitrogens with zero attached hydrogens (tertiary/aromatic N) is 3. The van der Waals surface area contributed by atoms with Crippen LogP contribution in [0.4, 0.5) is 0 Å². The number of thiazole rings is 1. The van der Waals surface area contributed by atoms with Gasteiger partial charge in [0.15, 0.2) is 0 Å². The van der Waals surface area contributed by atoms with Crippen LogP contribution in [-0.4, -0.2) is 33.1 Å². The van der Waals surface area contributed by atoms with E-state index in [9.17, 15) is 4.79 Å². The maximum absolute atomic E-state index is 12.3. The fourth-order valence-electron chi connectivity index (χ4n) is 1.71. The molecule has 1 amide bonds. The molecule has 0 aliphatic carbocycles. The summed E-state index contributed by atoms with van der Waals surface area (Å²) in [5.74, 6) is 0.0912. The van der Waals surface area contributed by atoms with E-state index >= 15 is 0 Å². The lowest BCUT2D eigenvalue weighted by Gasteiger charge is -2.19. The normalized spacial score (nSPS) is 12.2. The highest BCUT2D eigenvalue weighted by Crippen LogP contribution is 2.22. The summed E-state index contributed by atoms with van der Waals surface area (Å²) >= 11 is 3.06. The molecule has 0 N–H and O–H groups in total. The van der Waals surface area contributed by atoms with Crippen LogP contribution >= 0.6 is 23.1 Å². The van der Waals surface area contributed by atoms with Crippen LogP contribution in [0.1, 0.15) is 17.6 Å². The number of aromatic nitrogens is 2. The Labute approximate surface area is 127 Å². The van der Waals surface area contributed by atoms with Crippen LogP contribution in [0.15, 0.2) is 34.8 Å². The van der Waals surface area contributed by atoms with Crippen LogP contribution in [0.25, 0.3) is 0 Å². The van der Waals surface area contributed by atoms with Gasteiger partial charge in [0, 0.05) is 24.3 Å². The molecule has 2 rings (SSSR count). The molecule has 1 atom stereocenters. The van der Waals surface area contributed by atoms with E-state index in [2.05, 4.69) is 9.97 Å². The third-order valence-electron chi connectivity index (χ3n) is 2.70. The molecule has 106 valence electrons. The van der Waals surface area contributed by atoms with Crippen molar-refractivity contribution in [2.45, 2.75) is 30.7 Å². The van der Waals surface area contributed by atoms with Gasteiger partial charge in [0.05, 0.1) is 16.8 Å². The van der Waals surface area contributed by atoms with Gasteiger partial charge in [-0.2, -0.15) is 0 Å². The molecular weight excluding hydrogens is 290 g/mol. The minimum Gasteiger partial charge on any atom is -0.338 e. The van der Waals surface area contributed by atoms with Crippen LogP contribution in [0.5, 0.6) is 0 Å². The highest BCUT2D eigenvalue weighted by Gasteiger charge is 2.19. The molecule has 0 unspecified atom stereocenters. The molecule has 0 saturated heterocycles. The zero-order chi connectivity index (χ0) is 14.5. The maximum Gasteiger partial charge on any atom is 0.235 e. The molecule has 0 spiro atoms. The molecule has 0 saturated carbocycles. The Kier molecular flexibility index (Phi) is 5.14. The first kappa shape index (κ1) is 15.0. The highest BCUT2D eigenvalue weighted by molar-refractivity contribution is 8.00. The lowest BCUT2D eigenvalue weighted by atomic mass is 10.4. The summed E-state index contributed by atoms with van der Waals surface area (Å²) in [6.07, 6.45) is 1.74. The molecule has 0 radical (unpaired) electrons. The first-order chi connectivity index (χ1) is 9.56. The average Bonchev–Trinajstić information content (AvgIpc) is 2.84. The van der Waals surface area contributed by atoms with Gasteiger partial charge in [-0.1, -0.05) is 17.8 Å². The van der Waals surface area contributed by atoms with Gasteiger partial charge in [0.1, 0.15) is 5.01 Å². The number of amides is 1. The fourth-order valence-corrected chi connectivity index (χ4v) is 3.46. The van der Waals surface area contributed by atoms with Gasteiger partial charge in [-0.05, 0) is 26.0 Å². The van der Waals surface area contributed by atoms with Gasteiger partial charge in [-0.3, -0.25) is 4.79 Å². The van der Waals surface area contributed by atoms with Gasteiger partial charge in [0.2, 0.25) is 5.91 Å². The van der Waals surface area contributed by atoms with Crippen molar-refractivity contribution in [3.63, 3.8) is 0 Å². The summed E-state index contributed by atoms with van der Waals surface area (Å²) in [4.78, 5) is 22.6. The van der Waals surface area contributed by atoms with Crippen molar-refractivity contribution in [2.75, 3.05) is 7.05 Å². The molecule has 0 bridgehead atoms. The van der Waals surface area contributed by atoms with Crippen molar-refractivity contribution in [1.29, 1.82) is 0 Å². The summed E-state index contributed by atoms with van der Waals surface area (Å²) in [7, 11) is 1.81. The zero-order valence-corrected chi connectivity index (χ0v) is 13.4. The van der Waals surface area contributed by atoms with E-state index in [-0.39, 0.29) is 11.2 Å². The molecule has 0 aliphatic heterocycles. The molecule has 2 aromatic rings. The molecule has 4 nitrogen and oxygen atoms in total. The van der Waals surface area contributed by atoms with Gasteiger partial charge in [0.25, 0.3) is 0 Å². The van der Waals surface area contributed by atoms with Crippen LogP contribution in [0.3, 0.4) is 0 Å². The molecule has 0 fully saturated rings. The third-order valence-corrected chi connectivity index (χ3v) is 4.69. The van der Waals surface area contributed by atoms with E-state index in [4.69, 9.17) is 0 Å². The molecule has 20 heavy (non-hydrogen) atoms. The van der Waals surface area contributed by atoms with Crippen molar-refractivity contribution in [1.82, 2.24) is 14.9 Å². The second-order valence-electron chi connectivity index (χ2n) is 4.50. The minimum absolute atomic E-state index is 0.0912. The van der Waals surface area contributed by atoms with E-state index in [1.807, 2.05) is 44.5 Å². The highest BCUT2D eigenvalue weighted by atomic mass is 32.2. The maximum atomic E-state index is 12.3. The topological polar surface area (TPSA) is 46.1 Å². The van der Waals surface area contributed by atoms with Crippen molar-refractivity contribution in [2.24, 2.45) is 0 Å². The largest absolute Gasteiger partial charge is 0.338 e. The SMILES string of the molecule is Cc1csc(CN(C)C(=O)[C@@H](C)Sc2ccccn2)n1. The second-order valence-corrected chi connectivity index (χ2v) is 6.81. The standard InChI is InChI=1S/C14H17N3OS2/c1-10-9-19-13(16-10)8-17(3)14(18)11(2)20-12-6-4-5-7-15-12/h4-7,9,11H,8H2,1-3H3/t11-/m1/s1. The van der Waals surface area contributed by atoms with E-state index < -0.39 is 0 Å². The quantitative estimate of drug-likeness (QED) is 0.797. The summed E-state index contributed by atoms with van der Waals surface area (Å²) in [5.41, 5.74) is 1.00. The second kappa shape index (κ2) is 6.85. The van der Waals surface area contributed by atoms with E-state index in [1.54, 1.807) is 22.4 Å². The Morgan fingerprint density at radius 1 is 1.50 bits per heavy atom. The summed E-state index contributed by atoms with van der Waals surface area (Å²) in [5, 5.41) is 3.68. The van der Waals surface area contributed by atoms with Gasteiger partial charge in [-0.15, -0.1) is 11.3 Å². The molecule has 6 heteroatoms. The monoisotopic (exact) mass is 307 g/mol. The number of rotatable bonds is 5. The van der Waals surface area contributed by atoms with Crippen molar-refractivity contribution in [3.8, 4) is 0 Å². The average molecular weight is 307 g/mol. The predicted octanol–water partition coefficient (Wildman–Crippen LogP) is 2.99. The van der Waals surface area contributed by atoms with Crippen LogP contribution in [-0.2, 0) is 11.3 Å². The van der Waals surface area contributed by atoms with Gasteiger partial charge in [-0.25, -0.2) is 9.97 Å². The molecule has 2 heterocycles. The van der Waals surface area contributed by atoms with Crippen LogP contribution in [0.2, 0.25) is 0 Å². The summed E-state index contributed by atoms with van der Waals surface area (Å²) < 4.78 is 0. The number of hydrogen-bond donors (Lipinski definition) is 0. The van der Waals surface area contributed by atoms with E-state index in [0.29, 0.717) is 6.54 Å². The Morgan fingerprint density at radius 3 is 2.90 bits per heavy atom. The number of hydrogen-bond acceptors (Lipinski definition) is 5. The Balaban J connectivity index is 1.92. The predicted molar refractivity (Wildman–Crippen MR) is 82.9 cm³/mol. The number of pyridine rings is 1. The fraction of sp³-hybridized carbons (Fsp3) is 0.357. The van der Waals surface area contributed by atoms with Gasteiger partial charge < -0.3 is 4.90 Å². The Bertz CT molecular complexity index is 571. The molecule has 2 aromatic heterocycles.